The third-order valence-electron chi connectivity index (χ3n) is 3.34. The minimum absolute atomic E-state index is 0.104. The Labute approximate surface area is 88.7 Å². The van der Waals surface area contributed by atoms with Gasteiger partial charge in [-0.1, -0.05) is 5.18 Å². The highest BCUT2D eigenvalue weighted by molar-refractivity contribution is 5.69. The van der Waals surface area contributed by atoms with Gasteiger partial charge < -0.3 is 9.64 Å². The van der Waals surface area contributed by atoms with Gasteiger partial charge in [-0.25, -0.2) is 4.79 Å². The minimum atomic E-state index is -0.227. The second-order valence-electron chi connectivity index (χ2n) is 4.22. The maximum absolute atomic E-state index is 11.6. The smallest absolute Gasteiger partial charge is 0.410 e. The van der Waals surface area contributed by atoms with Crippen LogP contribution in [0.2, 0.25) is 0 Å². The lowest BCUT2D eigenvalue weighted by atomic mass is 9.99. The summed E-state index contributed by atoms with van der Waals surface area (Å²) < 4.78 is 5.01. The van der Waals surface area contributed by atoms with Gasteiger partial charge in [0.05, 0.1) is 12.6 Å². The molecule has 0 aliphatic carbocycles. The molecular formula is C10H16N2O3. The van der Waals surface area contributed by atoms with Crippen LogP contribution < -0.4 is 0 Å². The SMILES string of the molecule is CCOC(=O)N1C2CCC1CC(N=O)C2. The van der Waals surface area contributed by atoms with Crippen LogP contribution >= 0.6 is 0 Å². The Morgan fingerprint density at radius 1 is 1.40 bits per heavy atom. The molecule has 2 heterocycles. The molecule has 2 aliphatic heterocycles. The topological polar surface area (TPSA) is 59.0 Å². The molecule has 2 unspecified atom stereocenters. The number of amides is 1. The first kappa shape index (κ1) is 10.4. The molecule has 2 fully saturated rings. The van der Waals surface area contributed by atoms with Gasteiger partial charge >= 0.3 is 6.09 Å². The zero-order chi connectivity index (χ0) is 10.8. The third kappa shape index (κ3) is 1.82. The number of piperidine rings is 1. The van der Waals surface area contributed by atoms with E-state index in [0.29, 0.717) is 19.4 Å². The molecule has 0 aromatic heterocycles. The second-order valence-corrected chi connectivity index (χ2v) is 4.22. The Morgan fingerprint density at radius 3 is 2.47 bits per heavy atom. The molecule has 2 saturated heterocycles. The van der Waals surface area contributed by atoms with Gasteiger partial charge in [0.25, 0.3) is 0 Å². The van der Waals surface area contributed by atoms with Crippen molar-refractivity contribution in [1.29, 1.82) is 0 Å². The van der Waals surface area contributed by atoms with Crippen LogP contribution in [0.4, 0.5) is 4.79 Å². The Hall–Kier alpha value is -1.13. The largest absolute Gasteiger partial charge is 0.450 e. The van der Waals surface area contributed by atoms with Crippen molar-refractivity contribution in [1.82, 2.24) is 4.90 Å². The number of ether oxygens (including phenoxy) is 1. The Bertz CT molecular complexity index is 255. The lowest BCUT2D eigenvalue weighted by molar-refractivity contribution is 0.0697. The van der Waals surface area contributed by atoms with Crippen LogP contribution in [0.5, 0.6) is 0 Å². The van der Waals surface area contributed by atoms with E-state index in [1.165, 1.54) is 0 Å². The van der Waals surface area contributed by atoms with Crippen LogP contribution in [0.1, 0.15) is 32.6 Å². The Balaban J connectivity index is 2.04. The number of nitroso groups, excluding NO2 is 1. The number of hydrogen-bond donors (Lipinski definition) is 0. The van der Waals surface area contributed by atoms with E-state index in [4.69, 9.17) is 4.74 Å². The number of fused-ring (bicyclic) bond motifs is 2. The van der Waals surface area contributed by atoms with Crippen molar-refractivity contribution in [2.75, 3.05) is 6.61 Å². The van der Waals surface area contributed by atoms with E-state index in [9.17, 15) is 9.70 Å². The molecule has 15 heavy (non-hydrogen) atoms. The van der Waals surface area contributed by atoms with E-state index in [1.807, 2.05) is 4.90 Å². The van der Waals surface area contributed by atoms with Crippen LogP contribution in [0, 0.1) is 4.91 Å². The second kappa shape index (κ2) is 4.16. The summed E-state index contributed by atoms with van der Waals surface area (Å²) in [6.45, 7) is 2.21. The molecule has 0 saturated carbocycles. The zero-order valence-electron chi connectivity index (χ0n) is 8.89. The summed E-state index contributed by atoms with van der Waals surface area (Å²) in [5.41, 5.74) is 0. The summed E-state index contributed by atoms with van der Waals surface area (Å²) in [5.74, 6) is 0. The highest BCUT2D eigenvalue weighted by Gasteiger charge is 2.44. The van der Waals surface area contributed by atoms with Crippen molar-refractivity contribution in [3.63, 3.8) is 0 Å². The van der Waals surface area contributed by atoms with E-state index in [1.54, 1.807) is 6.92 Å². The summed E-state index contributed by atoms with van der Waals surface area (Å²) in [5, 5.41) is 3.10. The molecule has 0 radical (unpaired) electrons. The predicted octanol–water partition coefficient (Wildman–Crippen LogP) is 1.90. The normalized spacial score (nSPS) is 33.9. The number of carbonyl (C=O) groups excluding carboxylic acids is 1. The Morgan fingerprint density at radius 2 is 2.00 bits per heavy atom. The highest BCUT2D eigenvalue weighted by Crippen LogP contribution is 2.37. The van der Waals surface area contributed by atoms with Crippen LogP contribution in [-0.4, -0.2) is 35.7 Å². The fraction of sp³-hybridized carbons (Fsp3) is 0.900. The van der Waals surface area contributed by atoms with E-state index < -0.39 is 0 Å². The lowest BCUT2D eigenvalue weighted by Crippen LogP contribution is -2.47. The van der Waals surface area contributed by atoms with Crippen LogP contribution in [-0.2, 0) is 4.74 Å². The lowest BCUT2D eigenvalue weighted by Gasteiger charge is -2.35. The van der Waals surface area contributed by atoms with Crippen molar-refractivity contribution in [2.24, 2.45) is 5.18 Å². The van der Waals surface area contributed by atoms with Gasteiger partial charge in [-0.15, -0.1) is 0 Å². The molecular weight excluding hydrogens is 196 g/mol. The van der Waals surface area contributed by atoms with Crippen molar-refractivity contribution >= 4 is 6.09 Å². The Kier molecular flexibility index (Phi) is 2.88. The molecule has 2 aliphatic rings. The highest BCUT2D eigenvalue weighted by atomic mass is 16.6. The van der Waals surface area contributed by atoms with Gasteiger partial charge in [-0.3, -0.25) is 0 Å². The van der Waals surface area contributed by atoms with Crippen molar-refractivity contribution in [2.45, 2.75) is 50.7 Å². The van der Waals surface area contributed by atoms with Gasteiger partial charge in [0.1, 0.15) is 0 Å². The number of hydrogen-bond acceptors (Lipinski definition) is 4. The molecule has 5 heteroatoms. The van der Waals surface area contributed by atoms with E-state index in [-0.39, 0.29) is 24.2 Å². The summed E-state index contributed by atoms with van der Waals surface area (Å²) in [6, 6.07) is 0.240. The first-order valence-electron chi connectivity index (χ1n) is 5.53. The molecule has 2 atom stereocenters. The monoisotopic (exact) mass is 212 g/mol. The molecule has 0 spiro atoms. The van der Waals surface area contributed by atoms with Gasteiger partial charge in [0, 0.05) is 12.1 Å². The van der Waals surface area contributed by atoms with Crippen LogP contribution in [0.25, 0.3) is 0 Å². The van der Waals surface area contributed by atoms with Crippen LogP contribution in [0.3, 0.4) is 0 Å². The maximum Gasteiger partial charge on any atom is 0.410 e. The summed E-state index contributed by atoms with van der Waals surface area (Å²) in [6.07, 6.45) is 3.15. The summed E-state index contributed by atoms with van der Waals surface area (Å²) in [7, 11) is 0. The van der Waals surface area contributed by atoms with Crippen molar-refractivity contribution in [3.8, 4) is 0 Å². The van der Waals surface area contributed by atoms with E-state index in [0.717, 1.165) is 12.8 Å². The van der Waals surface area contributed by atoms with E-state index >= 15 is 0 Å². The first-order chi connectivity index (χ1) is 7.26. The van der Waals surface area contributed by atoms with Gasteiger partial charge in [-0.2, -0.15) is 4.91 Å². The van der Waals surface area contributed by atoms with Crippen molar-refractivity contribution in [3.05, 3.63) is 4.91 Å². The predicted molar refractivity (Wildman–Crippen MR) is 54.5 cm³/mol. The first-order valence-corrected chi connectivity index (χ1v) is 5.53. The average Bonchev–Trinajstić information content (AvgIpc) is 2.50. The quantitative estimate of drug-likeness (QED) is 0.657. The van der Waals surface area contributed by atoms with Crippen molar-refractivity contribution < 1.29 is 9.53 Å². The standard InChI is InChI=1S/C10H16N2O3/c1-2-15-10(13)12-8-3-4-9(12)6-7(5-8)11-14/h7-9H,2-6H2,1H3. The minimum Gasteiger partial charge on any atom is -0.450 e. The molecule has 0 aromatic rings. The molecule has 0 aromatic carbocycles. The van der Waals surface area contributed by atoms with Gasteiger partial charge in [0.15, 0.2) is 0 Å². The fourth-order valence-electron chi connectivity index (χ4n) is 2.73. The zero-order valence-corrected chi connectivity index (χ0v) is 8.89. The van der Waals surface area contributed by atoms with Gasteiger partial charge in [-0.05, 0) is 32.6 Å². The molecule has 2 bridgehead atoms. The molecule has 0 N–H and O–H groups in total. The van der Waals surface area contributed by atoms with E-state index in [2.05, 4.69) is 5.18 Å². The molecule has 2 rings (SSSR count). The summed E-state index contributed by atoms with van der Waals surface area (Å²) >= 11 is 0. The van der Waals surface area contributed by atoms with Crippen LogP contribution in [0.15, 0.2) is 5.18 Å². The molecule has 5 nitrogen and oxygen atoms in total. The third-order valence-corrected chi connectivity index (χ3v) is 3.34. The number of nitrogens with zero attached hydrogens (tertiary/aromatic N) is 2. The molecule has 84 valence electrons. The number of rotatable bonds is 2. The number of carbonyl (C=O) groups is 1. The molecule has 1 amide bonds. The summed E-state index contributed by atoms with van der Waals surface area (Å²) in [4.78, 5) is 24.0. The average molecular weight is 212 g/mol. The maximum atomic E-state index is 11.6. The fourth-order valence-corrected chi connectivity index (χ4v) is 2.73. The van der Waals surface area contributed by atoms with Gasteiger partial charge in [0.2, 0.25) is 0 Å².